The smallest absolute Gasteiger partial charge is 0.240 e. The van der Waals surface area contributed by atoms with Gasteiger partial charge >= 0.3 is 0 Å². The zero-order chi connectivity index (χ0) is 17.8. The molecular weight excluding hydrogens is 334 g/mol. The molecule has 3 heterocycles. The SMILES string of the molecule is NCc1nc(CN2CCN(Cc3nnnn3-c3ccccc3)CC2)no1. The van der Waals surface area contributed by atoms with Crippen LogP contribution in [0.2, 0.25) is 0 Å². The highest BCUT2D eigenvalue weighted by atomic mass is 16.5. The first-order valence-electron chi connectivity index (χ1n) is 8.61. The van der Waals surface area contributed by atoms with E-state index < -0.39 is 0 Å². The van der Waals surface area contributed by atoms with Gasteiger partial charge in [0.1, 0.15) is 0 Å². The highest BCUT2D eigenvalue weighted by Crippen LogP contribution is 2.12. The summed E-state index contributed by atoms with van der Waals surface area (Å²) in [6.07, 6.45) is 0. The molecule has 1 aliphatic heterocycles. The first kappa shape index (κ1) is 16.8. The molecule has 4 rings (SSSR count). The summed E-state index contributed by atoms with van der Waals surface area (Å²) < 4.78 is 6.85. The molecule has 0 atom stereocenters. The molecule has 2 N–H and O–H groups in total. The lowest BCUT2D eigenvalue weighted by atomic mass is 10.3. The van der Waals surface area contributed by atoms with E-state index >= 15 is 0 Å². The quantitative estimate of drug-likeness (QED) is 0.643. The van der Waals surface area contributed by atoms with E-state index in [4.69, 9.17) is 10.3 Å². The molecule has 26 heavy (non-hydrogen) atoms. The van der Waals surface area contributed by atoms with Crippen LogP contribution < -0.4 is 5.73 Å². The van der Waals surface area contributed by atoms with Gasteiger partial charge in [0.25, 0.3) is 0 Å². The average molecular weight is 355 g/mol. The van der Waals surface area contributed by atoms with Crippen LogP contribution in [0.25, 0.3) is 5.69 Å². The second-order valence-corrected chi connectivity index (χ2v) is 6.20. The molecule has 0 amide bonds. The molecule has 136 valence electrons. The van der Waals surface area contributed by atoms with E-state index in [1.165, 1.54) is 0 Å². The Bertz CT molecular complexity index is 823. The maximum atomic E-state index is 5.50. The van der Waals surface area contributed by atoms with E-state index in [1.807, 2.05) is 30.3 Å². The van der Waals surface area contributed by atoms with E-state index in [1.54, 1.807) is 4.68 Å². The number of para-hydroxylation sites is 1. The highest BCUT2D eigenvalue weighted by molar-refractivity contribution is 5.30. The van der Waals surface area contributed by atoms with Gasteiger partial charge < -0.3 is 10.3 Å². The maximum Gasteiger partial charge on any atom is 0.240 e. The molecule has 0 radical (unpaired) electrons. The van der Waals surface area contributed by atoms with E-state index in [0.29, 0.717) is 18.3 Å². The van der Waals surface area contributed by atoms with Gasteiger partial charge in [0, 0.05) is 26.2 Å². The Kier molecular flexibility index (Phi) is 4.95. The Balaban J connectivity index is 1.33. The Morgan fingerprint density at radius 3 is 2.42 bits per heavy atom. The van der Waals surface area contributed by atoms with Crippen molar-refractivity contribution in [1.82, 2.24) is 40.1 Å². The number of benzene rings is 1. The van der Waals surface area contributed by atoms with Crippen LogP contribution in [0.15, 0.2) is 34.9 Å². The van der Waals surface area contributed by atoms with Crippen LogP contribution in [0, 0.1) is 0 Å². The molecule has 3 aromatic rings. The van der Waals surface area contributed by atoms with E-state index in [0.717, 1.165) is 44.2 Å². The normalized spacial score (nSPS) is 16.2. The van der Waals surface area contributed by atoms with Gasteiger partial charge in [-0.05, 0) is 22.6 Å². The van der Waals surface area contributed by atoms with Crippen LogP contribution in [0.1, 0.15) is 17.5 Å². The molecule has 1 saturated heterocycles. The number of hydrogen-bond donors (Lipinski definition) is 1. The molecule has 10 nitrogen and oxygen atoms in total. The third-order valence-corrected chi connectivity index (χ3v) is 4.41. The molecule has 10 heteroatoms. The lowest BCUT2D eigenvalue weighted by Crippen LogP contribution is -2.45. The van der Waals surface area contributed by atoms with Crippen LogP contribution in [0.3, 0.4) is 0 Å². The first-order valence-corrected chi connectivity index (χ1v) is 8.61. The number of tetrazole rings is 1. The monoisotopic (exact) mass is 355 g/mol. The number of hydrogen-bond acceptors (Lipinski definition) is 9. The fraction of sp³-hybridized carbons (Fsp3) is 0.438. The summed E-state index contributed by atoms with van der Waals surface area (Å²) in [6.45, 7) is 5.40. The number of nitrogens with two attached hydrogens (primary N) is 1. The van der Waals surface area contributed by atoms with Gasteiger partial charge in [-0.2, -0.15) is 9.67 Å². The lowest BCUT2D eigenvalue weighted by Gasteiger charge is -2.33. The Morgan fingerprint density at radius 2 is 1.73 bits per heavy atom. The summed E-state index contributed by atoms with van der Waals surface area (Å²) in [7, 11) is 0. The predicted octanol–water partition coefficient (Wildman–Crippen LogP) is -0.178. The first-order chi connectivity index (χ1) is 12.8. The van der Waals surface area contributed by atoms with Gasteiger partial charge in [-0.3, -0.25) is 9.80 Å². The molecule has 1 aliphatic rings. The summed E-state index contributed by atoms with van der Waals surface area (Å²) in [6, 6.07) is 9.94. The second-order valence-electron chi connectivity index (χ2n) is 6.20. The summed E-state index contributed by atoms with van der Waals surface area (Å²) in [5, 5.41) is 16.1. The Morgan fingerprint density at radius 1 is 1.00 bits per heavy atom. The van der Waals surface area contributed by atoms with E-state index in [2.05, 4.69) is 35.5 Å². The summed E-state index contributed by atoms with van der Waals surface area (Å²) in [5.41, 5.74) is 6.47. The van der Waals surface area contributed by atoms with Crippen molar-refractivity contribution in [2.24, 2.45) is 5.73 Å². The van der Waals surface area contributed by atoms with E-state index in [-0.39, 0.29) is 6.54 Å². The van der Waals surface area contributed by atoms with Crippen molar-refractivity contribution in [2.45, 2.75) is 19.6 Å². The van der Waals surface area contributed by atoms with Gasteiger partial charge in [0.2, 0.25) is 5.89 Å². The van der Waals surface area contributed by atoms with Gasteiger partial charge in [-0.15, -0.1) is 5.10 Å². The van der Waals surface area contributed by atoms with Gasteiger partial charge in [0.05, 0.1) is 25.3 Å². The van der Waals surface area contributed by atoms with Crippen LogP contribution >= 0.6 is 0 Å². The van der Waals surface area contributed by atoms with Crippen molar-refractivity contribution in [3.05, 3.63) is 47.9 Å². The van der Waals surface area contributed by atoms with Crippen molar-refractivity contribution < 1.29 is 4.52 Å². The van der Waals surface area contributed by atoms with Gasteiger partial charge in [-0.25, -0.2) is 0 Å². The largest absolute Gasteiger partial charge is 0.338 e. The third kappa shape index (κ3) is 3.77. The highest BCUT2D eigenvalue weighted by Gasteiger charge is 2.21. The minimum Gasteiger partial charge on any atom is -0.338 e. The van der Waals surface area contributed by atoms with Gasteiger partial charge in [-0.1, -0.05) is 23.4 Å². The fourth-order valence-electron chi connectivity index (χ4n) is 3.02. The summed E-state index contributed by atoms with van der Waals surface area (Å²) in [5.74, 6) is 2.01. The molecule has 1 fully saturated rings. The second kappa shape index (κ2) is 7.68. The Hall–Kier alpha value is -2.69. The minimum absolute atomic E-state index is 0.275. The minimum atomic E-state index is 0.275. The topological polar surface area (TPSA) is 115 Å². The van der Waals surface area contributed by atoms with Crippen LogP contribution in [0.5, 0.6) is 0 Å². The lowest BCUT2D eigenvalue weighted by molar-refractivity contribution is 0.116. The molecular formula is C16H21N9O. The molecule has 2 aromatic heterocycles. The van der Waals surface area contributed by atoms with Crippen LogP contribution in [0.4, 0.5) is 0 Å². The number of nitrogens with zero attached hydrogens (tertiary/aromatic N) is 8. The van der Waals surface area contributed by atoms with Gasteiger partial charge in [0.15, 0.2) is 11.6 Å². The average Bonchev–Trinajstić information content (AvgIpc) is 3.33. The molecule has 0 aliphatic carbocycles. The zero-order valence-corrected chi connectivity index (χ0v) is 14.4. The summed E-state index contributed by atoms with van der Waals surface area (Å²) in [4.78, 5) is 8.92. The van der Waals surface area contributed by atoms with Crippen molar-refractivity contribution >= 4 is 0 Å². The van der Waals surface area contributed by atoms with Crippen molar-refractivity contribution in [2.75, 3.05) is 26.2 Å². The zero-order valence-electron chi connectivity index (χ0n) is 14.4. The standard InChI is InChI=1S/C16H21N9O/c17-10-16-18-14(20-26-16)11-23-6-8-24(9-7-23)12-15-19-21-22-25(15)13-4-2-1-3-5-13/h1-5H,6-12,17H2. The predicted molar refractivity (Wildman–Crippen MR) is 91.9 cm³/mol. The van der Waals surface area contributed by atoms with Crippen molar-refractivity contribution in [3.63, 3.8) is 0 Å². The number of rotatable bonds is 6. The molecule has 0 bridgehead atoms. The Labute approximate surface area is 150 Å². The van der Waals surface area contributed by atoms with E-state index in [9.17, 15) is 0 Å². The number of aromatic nitrogens is 6. The molecule has 1 aromatic carbocycles. The van der Waals surface area contributed by atoms with Crippen molar-refractivity contribution in [3.8, 4) is 5.69 Å². The molecule has 0 saturated carbocycles. The fourth-order valence-corrected chi connectivity index (χ4v) is 3.02. The molecule has 0 spiro atoms. The molecule has 0 unspecified atom stereocenters. The number of piperazine rings is 1. The maximum absolute atomic E-state index is 5.50. The van der Waals surface area contributed by atoms with Crippen molar-refractivity contribution in [1.29, 1.82) is 0 Å². The van der Waals surface area contributed by atoms with Crippen LogP contribution in [-0.4, -0.2) is 66.3 Å². The third-order valence-electron chi connectivity index (χ3n) is 4.41. The summed E-state index contributed by atoms with van der Waals surface area (Å²) >= 11 is 0. The van der Waals surface area contributed by atoms with Crippen LogP contribution in [-0.2, 0) is 19.6 Å².